The maximum atomic E-state index is 12.2. The lowest BCUT2D eigenvalue weighted by Crippen LogP contribution is -2.32. The summed E-state index contributed by atoms with van der Waals surface area (Å²) < 4.78 is 28.8. The van der Waals surface area contributed by atoms with Crippen LogP contribution < -0.4 is 4.72 Å². The maximum absolute atomic E-state index is 12.2. The minimum absolute atomic E-state index is 0.0659. The summed E-state index contributed by atoms with van der Waals surface area (Å²) >= 11 is 0. The molecule has 6 heteroatoms. The highest BCUT2D eigenvalue weighted by Gasteiger charge is 2.25. The third-order valence-corrected chi connectivity index (χ3v) is 4.69. The molecule has 0 fully saturated rings. The van der Waals surface area contributed by atoms with Crippen molar-refractivity contribution in [1.29, 1.82) is 0 Å². The molecule has 1 N–H and O–H groups in total. The van der Waals surface area contributed by atoms with E-state index in [1.165, 1.54) is 0 Å². The lowest BCUT2D eigenvalue weighted by Gasteiger charge is -2.12. The van der Waals surface area contributed by atoms with Crippen molar-refractivity contribution in [2.75, 3.05) is 0 Å². The van der Waals surface area contributed by atoms with Gasteiger partial charge in [0, 0.05) is 12.6 Å². The molecule has 0 bridgehead atoms. The Morgan fingerprint density at radius 3 is 2.35 bits per heavy atom. The summed E-state index contributed by atoms with van der Waals surface area (Å²) in [5.41, 5.74) is 1.25. The Morgan fingerprint density at radius 1 is 1.35 bits per heavy atom. The topological polar surface area (TPSA) is 64.0 Å². The highest BCUT2D eigenvalue weighted by atomic mass is 32.2. The van der Waals surface area contributed by atoms with Crippen LogP contribution in [0.2, 0.25) is 0 Å². The van der Waals surface area contributed by atoms with Gasteiger partial charge in [-0.05, 0) is 34.1 Å². The fourth-order valence-corrected chi connectivity index (χ4v) is 3.52. The van der Waals surface area contributed by atoms with Crippen LogP contribution in [-0.2, 0) is 16.6 Å². The van der Waals surface area contributed by atoms with Gasteiger partial charge in [0.05, 0.1) is 11.4 Å². The molecule has 1 atom stereocenters. The molecule has 0 aromatic carbocycles. The van der Waals surface area contributed by atoms with E-state index in [-0.39, 0.29) is 6.04 Å². The molecule has 1 aromatic heterocycles. The van der Waals surface area contributed by atoms with Gasteiger partial charge in [0.2, 0.25) is 10.0 Å². The van der Waals surface area contributed by atoms with Gasteiger partial charge in [0.1, 0.15) is 4.90 Å². The number of rotatable bonds is 5. The summed E-state index contributed by atoms with van der Waals surface area (Å²) in [7, 11) is -3.46. The predicted octanol–water partition coefficient (Wildman–Crippen LogP) is 1.60. The van der Waals surface area contributed by atoms with Crippen molar-refractivity contribution in [2.45, 2.75) is 58.5 Å². The summed E-state index contributed by atoms with van der Waals surface area (Å²) in [6.45, 7) is 9.93. The van der Waals surface area contributed by atoms with Crippen LogP contribution >= 0.6 is 0 Å². The molecule has 1 aromatic rings. The third-order valence-electron chi connectivity index (χ3n) is 2.85. The first-order chi connectivity index (χ1) is 7.83. The van der Waals surface area contributed by atoms with Crippen molar-refractivity contribution >= 4 is 10.0 Å². The van der Waals surface area contributed by atoms with Crippen LogP contribution in [0.1, 0.15) is 38.6 Å². The quantitative estimate of drug-likeness (QED) is 0.873. The minimum Gasteiger partial charge on any atom is -0.268 e. The molecule has 1 heterocycles. The standard InChI is InChI=1S/C11H21N3O2S/c1-6-8(3)13-17(15,16)11-9(4)12-14(7-2)10(11)5/h8,13H,6-7H2,1-5H3/t8-/m0/s1. The zero-order valence-corrected chi connectivity index (χ0v) is 11.9. The summed E-state index contributed by atoms with van der Waals surface area (Å²) in [6.07, 6.45) is 0.763. The van der Waals surface area contributed by atoms with Crippen molar-refractivity contribution in [3.63, 3.8) is 0 Å². The maximum Gasteiger partial charge on any atom is 0.244 e. The molecule has 0 aliphatic rings. The molecular weight excluding hydrogens is 238 g/mol. The van der Waals surface area contributed by atoms with Crippen LogP contribution in [0.25, 0.3) is 0 Å². The van der Waals surface area contributed by atoms with E-state index in [4.69, 9.17) is 0 Å². The summed E-state index contributed by atoms with van der Waals surface area (Å²) in [4.78, 5) is 0.319. The molecule has 0 saturated carbocycles. The van der Waals surface area contributed by atoms with Gasteiger partial charge in [-0.1, -0.05) is 6.92 Å². The van der Waals surface area contributed by atoms with Gasteiger partial charge >= 0.3 is 0 Å². The van der Waals surface area contributed by atoms with Gasteiger partial charge in [-0.15, -0.1) is 0 Å². The van der Waals surface area contributed by atoms with Gasteiger partial charge < -0.3 is 0 Å². The van der Waals surface area contributed by atoms with E-state index in [0.29, 0.717) is 22.8 Å². The molecule has 17 heavy (non-hydrogen) atoms. The zero-order chi connectivity index (χ0) is 13.2. The number of hydrogen-bond acceptors (Lipinski definition) is 3. The fourth-order valence-electron chi connectivity index (χ4n) is 1.78. The van der Waals surface area contributed by atoms with Crippen molar-refractivity contribution in [1.82, 2.24) is 14.5 Å². The Labute approximate surface area is 103 Å². The average molecular weight is 259 g/mol. The van der Waals surface area contributed by atoms with Crippen LogP contribution in [0.3, 0.4) is 0 Å². The second kappa shape index (κ2) is 5.18. The van der Waals surface area contributed by atoms with Crippen LogP contribution in [0, 0.1) is 13.8 Å². The SMILES string of the molecule is CC[C@H](C)NS(=O)(=O)c1c(C)nn(CC)c1C. The van der Waals surface area contributed by atoms with E-state index in [0.717, 1.165) is 6.42 Å². The van der Waals surface area contributed by atoms with Gasteiger partial charge in [-0.3, -0.25) is 4.68 Å². The van der Waals surface area contributed by atoms with Gasteiger partial charge in [0.25, 0.3) is 0 Å². The van der Waals surface area contributed by atoms with Gasteiger partial charge in [-0.25, -0.2) is 13.1 Å². The number of nitrogens with zero attached hydrogens (tertiary/aromatic N) is 2. The van der Waals surface area contributed by atoms with Gasteiger partial charge in [-0.2, -0.15) is 5.10 Å². The van der Waals surface area contributed by atoms with E-state index in [1.807, 2.05) is 20.8 Å². The molecule has 0 aliphatic carbocycles. The van der Waals surface area contributed by atoms with E-state index in [2.05, 4.69) is 9.82 Å². The van der Waals surface area contributed by atoms with Crippen molar-refractivity contribution in [2.24, 2.45) is 0 Å². The summed E-state index contributed by atoms with van der Waals surface area (Å²) in [5, 5.41) is 4.23. The molecule has 0 spiro atoms. The smallest absolute Gasteiger partial charge is 0.244 e. The first-order valence-corrected chi connectivity index (χ1v) is 7.38. The number of hydrogen-bond donors (Lipinski definition) is 1. The molecule has 0 aliphatic heterocycles. The van der Waals surface area contributed by atoms with E-state index < -0.39 is 10.0 Å². The normalized spacial score (nSPS) is 13.9. The third kappa shape index (κ3) is 2.87. The van der Waals surface area contributed by atoms with E-state index in [1.54, 1.807) is 18.5 Å². The second-order valence-corrected chi connectivity index (χ2v) is 5.90. The van der Waals surface area contributed by atoms with E-state index >= 15 is 0 Å². The molecule has 5 nitrogen and oxygen atoms in total. The molecule has 0 saturated heterocycles. The first-order valence-electron chi connectivity index (χ1n) is 5.89. The Balaban J connectivity index is 3.20. The fraction of sp³-hybridized carbons (Fsp3) is 0.727. The first kappa shape index (κ1) is 14.2. The second-order valence-electron chi connectivity index (χ2n) is 4.25. The minimum atomic E-state index is -3.46. The average Bonchev–Trinajstić information content (AvgIpc) is 2.53. The molecule has 98 valence electrons. The van der Waals surface area contributed by atoms with E-state index in [9.17, 15) is 8.42 Å². The number of aryl methyl sites for hydroxylation is 2. The van der Waals surface area contributed by atoms with Crippen LogP contribution in [0.4, 0.5) is 0 Å². The summed E-state index contributed by atoms with van der Waals surface area (Å²) in [5.74, 6) is 0. The molecule has 1 rings (SSSR count). The highest BCUT2D eigenvalue weighted by molar-refractivity contribution is 7.89. The lowest BCUT2D eigenvalue weighted by molar-refractivity contribution is 0.554. The highest BCUT2D eigenvalue weighted by Crippen LogP contribution is 2.19. The monoisotopic (exact) mass is 259 g/mol. The van der Waals surface area contributed by atoms with Crippen LogP contribution in [0.15, 0.2) is 4.90 Å². The lowest BCUT2D eigenvalue weighted by atomic mass is 10.3. The summed E-state index contributed by atoms with van der Waals surface area (Å²) in [6, 6.07) is -0.0659. The number of aromatic nitrogens is 2. The molecule has 0 amide bonds. The Morgan fingerprint density at radius 2 is 1.94 bits per heavy atom. The van der Waals surface area contributed by atoms with Crippen LogP contribution in [-0.4, -0.2) is 24.2 Å². The Bertz CT molecular complexity index is 491. The van der Waals surface area contributed by atoms with Crippen molar-refractivity contribution < 1.29 is 8.42 Å². The Hall–Kier alpha value is -0.880. The van der Waals surface area contributed by atoms with Crippen molar-refractivity contribution in [3.8, 4) is 0 Å². The number of nitrogens with one attached hydrogen (secondary N) is 1. The number of sulfonamides is 1. The predicted molar refractivity (Wildman–Crippen MR) is 67.4 cm³/mol. The molecular formula is C11H21N3O2S. The van der Waals surface area contributed by atoms with Crippen molar-refractivity contribution in [3.05, 3.63) is 11.4 Å². The van der Waals surface area contributed by atoms with Crippen LogP contribution in [0.5, 0.6) is 0 Å². The van der Waals surface area contributed by atoms with Gasteiger partial charge in [0.15, 0.2) is 0 Å². The largest absolute Gasteiger partial charge is 0.268 e. The molecule has 0 unspecified atom stereocenters. The zero-order valence-electron chi connectivity index (χ0n) is 11.1. The molecule has 0 radical (unpaired) electrons. The Kier molecular flexibility index (Phi) is 4.32.